The molecule has 1 aromatic rings. The van der Waals surface area contributed by atoms with Crippen LogP contribution in [0.4, 0.5) is 0 Å². The van der Waals surface area contributed by atoms with Crippen molar-refractivity contribution >= 4 is 4.08 Å². The van der Waals surface area contributed by atoms with Crippen LogP contribution in [-0.4, -0.2) is 10.7 Å². The van der Waals surface area contributed by atoms with Crippen LogP contribution in [0.5, 0.6) is 0 Å². The second-order valence-electron chi connectivity index (χ2n) is 2.09. The molecule has 0 saturated heterocycles. The standard InChI is InChI=1S/C9H10O.W/c1-2-10-8-9-6-4-3-5-7-9;/h3-7H,2H2,1H3;. The quantitative estimate of drug-likeness (QED) is 0.825. The molecule has 0 aromatic heterocycles. The van der Waals surface area contributed by atoms with Crippen LogP contribution < -0.4 is 0 Å². The van der Waals surface area contributed by atoms with Crippen molar-refractivity contribution in [2.45, 2.75) is 6.92 Å². The van der Waals surface area contributed by atoms with Gasteiger partial charge in [-0.3, -0.25) is 0 Å². The topological polar surface area (TPSA) is 9.23 Å². The van der Waals surface area contributed by atoms with Crippen molar-refractivity contribution in [3.8, 4) is 0 Å². The Labute approximate surface area is 77.8 Å². The molecule has 0 heterocycles. The van der Waals surface area contributed by atoms with Crippen LogP contribution in [0, 0.1) is 0 Å². The molecular formula is C9H10OW. The van der Waals surface area contributed by atoms with Crippen LogP contribution >= 0.6 is 0 Å². The van der Waals surface area contributed by atoms with E-state index in [4.69, 9.17) is 4.74 Å². The van der Waals surface area contributed by atoms with Crippen LogP contribution in [0.1, 0.15) is 12.5 Å². The maximum absolute atomic E-state index is 5.38. The first-order chi connectivity index (χ1) is 5.34. The fourth-order valence-corrected chi connectivity index (χ4v) is 1.70. The second-order valence-corrected chi connectivity index (χ2v) is 3.42. The number of hydrogen-bond acceptors (Lipinski definition) is 1. The molecule has 0 saturated carbocycles. The molecule has 0 radical (unpaired) electrons. The summed E-state index contributed by atoms with van der Waals surface area (Å²) in [5.74, 6) is 0. The SMILES string of the molecule is CCO[C](=[W])c1ccccc1. The Bertz CT molecular complexity index is 231. The molecule has 0 N–H and O–H groups in total. The van der Waals surface area contributed by atoms with Crippen LogP contribution in [-0.2, 0) is 24.1 Å². The Morgan fingerprint density at radius 1 is 1.36 bits per heavy atom. The van der Waals surface area contributed by atoms with Crippen molar-refractivity contribution in [3.63, 3.8) is 0 Å². The Balaban J connectivity index is 2.69. The fourth-order valence-electron chi connectivity index (χ4n) is 0.789. The molecule has 2 heteroatoms. The molecule has 1 nitrogen and oxygen atoms in total. The van der Waals surface area contributed by atoms with Crippen molar-refractivity contribution in [2.75, 3.05) is 6.61 Å². The molecule has 0 aliphatic heterocycles. The van der Waals surface area contributed by atoms with Crippen LogP contribution in [0.15, 0.2) is 30.3 Å². The molecule has 0 bridgehead atoms. The van der Waals surface area contributed by atoms with Gasteiger partial charge in [-0.1, -0.05) is 0 Å². The van der Waals surface area contributed by atoms with Crippen molar-refractivity contribution in [3.05, 3.63) is 35.9 Å². The van der Waals surface area contributed by atoms with Gasteiger partial charge in [0, 0.05) is 0 Å². The van der Waals surface area contributed by atoms with Crippen molar-refractivity contribution in [1.82, 2.24) is 0 Å². The van der Waals surface area contributed by atoms with E-state index in [0.717, 1.165) is 10.7 Å². The van der Waals surface area contributed by atoms with E-state index in [0.29, 0.717) is 0 Å². The third-order valence-electron chi connectivity index (χ3n) is 1.28. The van der Waals surface area contributed by atoms with Crippen molar-refractivity contribution in [1.29, 1.82) is 0 Å². The summed E-state index contributed by atoms with van der Waals surface area (Å²) in [6, 6.07) is 10.2. The van der Waals surface area contributed by atoms with Gasteiger partial charge in [0.2, 0.25) is 0 Å². The van der Waals surface area contributed by atoms with E-state index >= 15 is 0 Å². The molecule has 0 spiro atoms. The van der Waals surface area contributed by atoms with Gasteiger partial charge in [0.25, 0.3) is 0 Å². The molecule has 0 unspecified atom stereocenters. The number of ether oxygens (including phenoxy) is 1. The van der Waals surface area contributed by atoms with Crippen LogP contribution in [0.2, 0.25) is 0 Å². The predicted octanol–water partition coefficient (Wildman–Crippen LogP) is 1.75. The molecule has 58 valence electrons. The monoisotopic (exact) mass is 318 g/mol. The average molecular weight is 318 g/mol. The summed E-state index contributed by atoms with van der Waals surface area (Å²) in [4.78, 5) is 0. The first-order valence-corrected chi connectivity index (χ1v) is 5.03. The summed E-state index contributed by atoms with van der Waals surface area (Å²) >= 11 is 1.38. The van der Waals surface area contributed by atoms with Gasteiger partial charge < -0.3 is 0 Å². The molecule has 1 rings (SSSR count). The minimum atomic E-state index is 0.758. The van der Waals surface area contributed by atoms with Gasteiger partial charge in [-0.25, -0.2) is 0 Å². The third kappa shape index (κ3) is 2.68. The van der Waals surface area contributed by atoms with E-state index < -0.39 is 0 Å². The third-order valence-corrected chi connectivity index (χ3v) is 2.56. The zero-order valence-corrected chi connectivity index (χ0v) is 9.34. The van der Waals surface area contributed by atoms with Gasteiger partial charge in [0.15, 0.2) is 0 Å². The normalized spacial score (nSPS) is 9.55. The van der Waals surface area contributed by atoms with E-state index in [9.17, 15) is 0 Å². The van der Waals surface area contributed by atoms with Crippen molar-refractivity contribution < 1.29 is 24.1 Å². The molecule has 0 aliphatic rings. The number of rotatable bonds is 3. The molecular weight excluding hydrogens is 308 g/mol. The zero-order chi connectivity index (χ0) is 8.10. The van der Waals surface area contributed by atoms with Gasteiger partial charge >= 0.3 is 77.6 Å². The summed E-state index contributed by atoms with van der Waals surface area (Å²) in [6.45, 7) is 2.76. The van der Waals surface area contributed by atoms with Crippen molar-refractivity contribution in [2.24, 2.45) is 0 Å². The first-order valence-electron chi connectivity index (χ1n) is 3.56. The Kier molecular flexibility index (Phi) is 3.68. The van der Waals surface area contributed by atoms with E-state index in [1.54, 1.807) is 0 Å². The van der Waals surface area contributed by atoms with Gasteiger partial charge in [-0.15, -0.1) is 0 Å². The predicted molar refractivity (Wildman–Crippen MR) is 42.2 cm³/mol. The fraction of sp³-hybridized carbons (Fsp3) is 0.222. The molecule has 0 fully saturated rings. The van der Waals surface area contributed by atoms with Gasteiger partial charge in [-0.2, -0.15) is 0 Å². The molecule has 11 heavy (non-hydrogen) atoms. The van der Waals surface area contributed by atoms with Gasteiger partial charge in [0.1, 0.15) is 0 Å². The van der Waals surface area contributed by atoms with Crippen LogP contribution in [0.25, 0.3) is 0 Å². The summed E-state index contributed by atoms with van der Waals surface area (Å²) in [6.07, 6.45) is 0. The summed E-state index contributed by atoms with van der Waals surface area (Å²) in [5.41, 5.74) is 1.20. The second kappa shape index (κ2) is 4.58. The molecule has 1 aromatic carbocycles. The Morgan fingerprint density at radius 3 is 2.55 bits per heavy atom. The van der Waals surface area contributed by atoms with E-state index in [1.165, 1.54) is 24.9 Å². The molecule has 0 aliphatic carbocycles. The minimum absolute atomic E-state index is 0.758. The first kappa shape index (κ1) is 8.83. The summed E-state index contributed by atoms with van der Waals surface area (Å²) < 4.78 is 6.46. The van der Waals surface area contributed by atoms with Gasteiger partial charge in [0.05, 0.1) is 0 Å². The molecule has 0 amide bonds. The Morgan fingerprint density at radius 2 is 2.00 bits per heavy atom. The molecule has 0 atom stereocenters. The van der Waals surface area contributed by atoms with E-state index in [-0.39, 0.29) is 0 Å². The van der Waals surface area contributed by atoms with Gasteiger partial charge in [-0.05, 0) is 0 Å². The van der Waals surface area contributed by atoms with E-state index in [2.05, 4.69) is 12.1 Å². The maximum atomic E-state index is 5.38. The number of hydrogen-bond donors (Lipinski definition) is 0. The summed E-state index contributed by atoms with van der Waals surface area (Å²) in [7, 11) is 0. The zero-order valence-electron chi connectivity index (χ0n) is 6.41. The van der Waals surface area contributed by atoms with Crippen LogP contribution in [0.3, 0.4) is 0 Å². The Hall–Kier alpha value is -0.262. The number of benzene rings is 1. The summed E-state index contributed by atoms with van der Waals surface area (Å²) in [5, 5.41) is 0. The average Bonchev–Trinajstić information content (AvgIpc) is 2.07. The van der Waals surface area contributed by atoms with E-state index in [1.807, 2.05) is 25.1 Å².